The van der Waals surface area contributed by atoms with Crippen LogP contribution in [0.3, 0.4) is 0 Å². The van der Waals surface area contributed by atoms with Crippen molar-refractivity contribution in [3.05, 3.63) is 40.3 Å². The predicted molar refractivity (Wildman–Crippen MR) is 105 cm³/mol. The molecule has 136 valence electrons. The highest BCUT2D eigenvalue weighted by Gasteiger charge is 2.32. The van der Waals surface area contributed by atoms with Crippen LogP contribution in [-0.2, 0) is 9.59 Å². The molecule has 27 heavy (non-hydrogen) atoms. The Bertz CT molecular complexity index is 1150. The van der Waals surface area contributed by atoms with E-state index in [1.165, 1.54) is 4.90 Å². The summed E-state index contributed by atoms with van der Waals surface area (Å²) in [7, 11) is 0. The van der Waals surface area contributed by atoms with E-state index in [4.69, 9.17) is 17.3 Å². The Morgan fingerprint density at radius 1 is 1.41 bits per heavy atom. The first-order valence-electron chi connectivity index (χ1n) is 8.03. The predicted octanol–water partition coefficient (Wildman–Crippen LogP) is 2.26. The molecule has 1 saturated heterocycles. The summed E-state index contributed by atoms with van der Waals surface area (Å²) in [5.41, 5.74) is 3.17. The quantitative estimate of drug-likeness (QED) is 0.527. The number of amides is 1. The molecule has 8 nitrogen and oxygen atoms in total. The molecule has 0 aliphatic carbocycles. The van der Waals surface area contributed by atoms with Crippen LogP contribution in [0.4, 0.5) is 0 Å². The fourth-order valence-electron chi connectivity index (χ4n) is 2.98. The molecule has 1 aliphatic rings. The summed E-state index contributed by atoms with van der Waals surface area (Å²) in [5, 5.41) is 21.7. The highest BCUT2D eigenvalue weighted by atomic mass is 32.2. The lowest BCUT2D eigenvalue weighted by molar-refractivity contribution is -0.137. The number of hydrogen-bond acceptors (Lipinski definition) is 7. The van der Waals surface area contributed by atoms with Crippen molar-refractivity contribution in [1.82, 2.24) is 24.9 Å². The first-order valence-corrected chi connectivity index (χ1v) is 9.26. The van der Waals surface area contributed by atoms with E-state index in [0.717, 1.165) is 28.2 Å². The number of carbonyl (C=O) groups excluding carboxylic acids is 1. The zero-order valence-electron chi connectivity index (χ0n) is 14.1. The summed E-state index contributed by atoms with van der Waals surface area (Å²) in [4.78, 5) is 25.1. The number of fused-ring (bicyclic) bond motifs is 3. The largest absolute Gasteiger partial charge is 0.481 e. The Labute approximate surface area is 162 Å². The monoisotopic (exact) mass is 399 g/mol. The first kappa shape index (κ1) is 17.6. The average Bonchev–Trinajstić information content (AvgIpc) is 3.19. The first-order chi connectivity index (χ1) is 13.0. The van der Waals surface area contributed by atoms with E-state index in [-0.39, 0.29) is 18.9 Å². The zero-order valence-corrected chi connectivity index (χ0v) is 15.8. The molecular formula is C17H13N5O3S2. The molecule has 0 radical (unpaired) electrons. The lowest BCUT2D eigenvalue weighted by Crippen LogP contribution is -2.30. The van der Waals surface area contributed by atoms with Gasteiger partial charge in [-0.3, -0.25) is 14.5 Å². The summed E-state index contributed by atoms with van der Waals surface area (Å²) in [6, 6.07) is 7.82. The van der Waals surface area contributed by atoms with Crippen LogP contribution in [0.5, 0.6) is 0 Å². The van der Waals surface area contributed by atoms with Gasteiger partial charge in [0.25, 0.3) is 5.91 Å². The maximum Gasteiger partial charge on any atom is 0.305 e. The van der Waals surface area contributed by atoms with Crippen molar-refractivity contribution in [2.45, 2.75) is 13.3 Å². The third-order valence-electron chi connectivity index (χ3n) is 4.23. The second-order valence-electron chi connectivity index (χ2n) is 6.00. The van der Waals surface area contributed by atoms with Crippen LogP contribution in [-0.4, -0.2) is 52.8 Å². The van der Waals surface area contributed by atoms with Gasteiger partial charge < -0.3 is 5.11 Å². The Morgan fingerprint density at radius 2 is 2.22 bits per heavy atom. The third-order valence-corrected chi connectivity index (χ3v) is 5.61. The van der Waals surface area contributed by atoms with E-state index in [0.29, 0.717) is 20.4 Å². The average molecular weight is 399 g/mol. The van der Waals surface area contributed by atoms with E-state index >= 15 is 0 Å². The van der Waals surface area contributed by atoms with Crippen molar-refractivity contribution in [3.8, 4) is 0 Å². The fourth-order valence-corrected chi connectivity index (χ4v) is 4.28. The van der Waals surface area contributed by atoms with Gasteiger partial charge in [-0.05, 0) is 35.1 Å². The number of tetrazole rings is 1. The number of aliphatic carboxylic acids is 1. The molecular weight excluding hydrogens is 386 g/mol. The van der Waals surface area contributed by atoms with Gasteiger partial charge in [0.1, 0.15) is 4.32 Å². The van der Waals surface area contributed by atoms with E-state index < -0.39 is 5.97 Å². The molecule has 1 amide bonds. The van der Waals surface area contributed by atoms with Gasteiger partial charge in [0, 0.05) is 17.5 Å². The topological polar surface area (TPSA) is 101 Å². The Hall–Kier alpha value is -2.85. The number of thioether (sulfide) groups is 1. The van der Waals surface area contributed by atoms with Crippen molar-refractivity contribution in [2.75, 3.05) is 6.54 Å². The summed E-state index contributed by atoms with van der Waals surface area (Å²) >= 11 is 6.37. The molecule has 10 heteroatoms. The number of carboxylic acids is 1. The molecule has 0 bridgehead atoms. The van der Waals surface area contributed by atoms with E-state index in [1.807, 2.05) is 31.2 Å². The lowest BCUT2D eigenvalue weighted by Gasteiger charge is -2.12. The normalized spacial score (nSPS) is 16.2. The van der Waals surface area contributed by atoms with Gasteiger partial charge in [-0.2, -0.15) is 4.52 Å². The number of nitrogens with zero attached hydrogens (tertiary/aromatic N) is 5. The molecule has 0 saturated carbocycles. The molecule has 0 spiro atoms. The minimum Gasteiger partial charge on any atom is -0.481 e. The summed E-state index contributed by atoms with van der Waals surface area (Å²) in [6.45, 7) is 2.03. The number of carboxylic acid groups (broad SMARTS) is 1. The number of rotatable bonds is 4. The van der Waals surface area contributed by atoms with Crippen LogP contribution < -0.4 is 0 Å². The molecule has 1 fully saturated rings. The minimum atomic E-state index is -0.978. The molecule has 1 aromatic carbocycles. The van der Waals surface area contributed by atoms with Crippen LogP contribution in [0.2, 0.25) is 0 Å². The number of para-hydroxylation sites is 1. The number of aromatic nitrogens is 4. The number of carbonyl (C=O) groups is 2. The Kier molecular flexibility index (Phi) is 4.36. The zero-order chi connectivity index (χ0) is 19.1. The van der Waals surface area contributed by atoms with Crippen molar-refractivity contribution >= 4 is 62.8 Å². The number of benzene rings is 1. The minimum absolute atomic E-state index is 0.0517. The number of aryl methyl sites for hydroxylation is 1. The van der Waals surface area contributed by atoms with Crippen molar-refractivity contribution in [1.29, 1.82) is 0 Å². The van der Waals surface area contributed by atoms with E-state index in [1.54, 1.807) is 10.6 Å². The van der Waals surface area contributed by atoms with Crippen LogP contribution >= 0.6 is 24.0 Å². The molecule has 3 heterocycles. The van der Waals surface area contributed by atoms with Crippen LogP contribution in [0.15, 0.2) is 29.2 Å². The molecule has 3 aromatic rings. The number of pyridine rings is 1. The molecule has 1 N–H and O–H groups in total. The van der Waals surface area contributed by atoms with Gasteiger partial charge >= 0.3 is 5.97 Å². The third kappa shape index (κ3) is 3.06. The van der Waals surface area contributed by atoms with Crippen LogP contribution in [0.1, 0.15) is 17.5 Å². The standard InChI is InChI=1S/C17H13N5O3S2/c1-9-3-2-4-10-7-11(15-18-19-20-22(15)14(9)10)8-12-16(25)21(17(26)27-12)6-5-13(23)24/h2-4,7-8H,5-6H2,1H3,(H,23,24)/b12-8-. The van der Waals surface area contributed by atoms with Gasteiger partial charge in [0.2, 0.25) is 0 Å². The Morgan fingerprint density at radius 3 is 3.00 bits per heavy atom. The molecule has 0 unspecified atom stereocenters. The fraction of sp³-hybridized carbons (Fsp3) is 0.176. The highest BCUT2D eigenvalue weighted by Crippen LogP contribution is 2.34. The number of hydrogen-bond donors (Lipinski definition) is 1. The second-order valence-corrected chi connectivity index (χ2v) is 7.68. The van der Waals surface area contributed by atoms with E-state index in [9.17, 15) is 9.59 Å². The summed E-state index contributed by atoms with van der Waals surface area (Å²) in [6.07, 6.45) is 1.54. The van der Waals surface area contributed by atoms with Gasteiger partial charge in [0.15, 0.2) is 5.65 Å². The lowest BCUT2D eigenvalue weighted by atomic mass is 10.1. The summed E-state index contributed by atoms with van der Waals surface area (Å²) < 4.78 is 2.00. The molecule has 0 atom stereocenters. The Balaban J connectivity index is 1.79. The number of thiocarbonyl (C=S) groups is 1. The SMILES string of the molecule is Cc1cccc2cc(/C=C3\SC(=S)N(CCC(=O)O)C3=O)c3nnnn3c12. The smallest absolute Gasteiger partial charge is 0.305 e. The maximum absolute atomic E-state index is 12.6. The molecule has 2 aromatic heterocycles. The highest BCUT2D eigenvalue weighted by molar-refractivity contribution is 8.26. The van der Waals surface area contributed by atoms with Crippen molar-refractivity contribution < 1.29 is 14.7 Å². The summed E-state index contributed by atoms with van der Waals surface area (Å²) in [5.74, 6) is -1.28. The molecule has 1 aliphatic heterocycles. The van der Waals surface area contributed by atoms with Crippen molar-refractivity contribution in [2.24, 2.45) is 0 Å². The van der Waals surface area contributed by atoms with Gasteiger partial charge in [-0.1, -0.05) is 42.2 Å². The van der Waals surface area contributed by atoms with Gasteiger partial charge in [-0.15, -0.1) is 5.10 Å². The van der Waals surface area contributed by atoms with Gasteiger partial charge in [0.05, 0.1) is 16.8 Å². The van der Waals surface area contributed by atoms with Crippen molar-refractivity contribution in [3.63, 3.8) is 0 Å². The van der Waals surface area contributed by atoms with Crippen LogP contribution in [0, 0.1) is 6.92 Å². The molecule has 4 rings (SSSR count). The van der Waals surface area contributed by atoms with Crippen LogP contribution in [0.25, 0.3) is 22.6 Å². The second kappa shape index (κ2) is 6.71. The van der Waals surface area contributed by atoms with E-state index in [2.05, 4.69) is 15.5 Å². The maximum atomic E-state index is 12.6. The van der Waals surface area contributed by atoms with Gasteiger partial charge in [-0.25, -0.2) is 0 Å².